The number of urea groups is 1. The zero-order valence-corrected chi connectivity index (χ0v) is 12.3. The molecule has 0 radical (unpaired) electrons. The van der Waals surface area contributed by atoms with Crippen LogP contribution in [0.3, 0.4) is 0 Å². The third kappa shape index (κ3) is 4.86. The predicted octanol–water partition coefficient (Wildman–Crippen LogP) is 1.67. The lowest BCUT2D eigenvalue weighted by molar-refractivity contribution is 0.0700. The highest BCUT2D eigenvalue weighted by atomic mass is 32.2. The summed E-state index contributed by atoms with van der Waals surface area (Å²) in [7, 11) is 0. The second-order valence-corrected chi connectivity index (χ2v) is 6.23. The Labute approximate surface area is 126 Å². The number of benzene rings is 1. The minimum Gasteiger partial charge on any atom is -0.387 e. The standard InChI is InChI=1S/C14H18F2N2O2S/c15-11-2-1-10(12(16)7-11)3-5-17-13(19)18-8-14(20)4-6-21-9-14/h1-2,7,20H,3-6,8-9H2,(H2,17,18,19). The van der Waals surface area contributed by atoms with Crippen LogP contribution in [0.4, 0.5) is 13.6 Å². The molecule has 1 aromatic carbocycles. The van der Waals surface area contributed by atoms with Gasteiger partial charge < -0.3 is 15.7 Å². The lowest BCUT2D eigenvalue weighted by atomic mass is 10.0. The normalized spacial score (nSPS) is 21.3. The molecule has 21 heavy (non-hydrogen) atoms. The molecule has 1 heterocycles. The molecule has 0 spiro atoms. The highest BCUT2D eigenvalue weighted by Gasteiger charge is 2.31. The zero-order valence-electron chi connectivity index (χ0n) is 11.5. The molecule has 0 saturated carbocycles. The van der Waals surface area contributed by atoms with Crippen LogP contribution in [0.5, 0.6) is 0 Å². The fourth-order valence-electron chi connectivity index (χ4n) is 2.08. The average Bonchev–Trinajstić information content (AvgIpc) is 2.86. The Morgan fingerprint density at radius 2 is 2.19 bits per heavy atom. The van der Waals surface area contributed by atoms with Gasteiger partial charge in [0, 0.05) is 24.9 Å². The van der Waals surface area contributed by atoms with E-state index in [1.165, 1.54) is 12.1 Å². The topological polar surface area (TPSA) is 61.4 Å². The molecule has 1 aliphatic rings. The fraction of sp³-hybridized carbons (Fsp3) is 0.500. The van der Waals surface area contributed by atoms with Crippen molar-refractivity contribution in [2.24, 2.45) is 0 Å². The number of halogens is 2. The Hall–Kier alpha value is -1.34. The minimum absolute atomic E-state index is 0.205. The van der Waals surface area contributed by atoms with Gasteiger partial charge in [-0.1, -0.05) is 6.07 Å². The smallest absolute Gasteiger partial charge is 0.314 e. The number of nitrogens with one attached hydrogen (secondary N) is 2. The summed E-state index contributed by atoms with van der Waals surface area (Å²) < 4.78 is 26.1. The van der Waals surface area contributed by atoms with Gasteiger partial charge in [0.25, 0.3) is 0 Å². The summed E-state index contributed by atoms with van der Waals surface area (Å²) in [6.45, 7) is 0.443. The highest BCUT2D eigenvalue weighted by molar-refractivity contribution is 7.99. The molecule has 1 fully saturated rings. The Balaban J connectivity index is 1.69. The maximum atomic E-state index is 13.4. The molecular weight excluding hydrogens is 298 g/mol. The van der Waals surface area contributed by atoms with Crippen molar-refractivity contribution in [3.05, 3.63) is 35.4 Å². The Morgan fingerprint density at radius 1 is 1.38 bits per heavy atom. The Morgan fingerprint density at radius 3 is 2.86 bits per heavy atom. The van der Waals surface area contributed by atoms with E-state index in [0.29, 0.717) is 17.7 Å². The predicted molar refractivity (Wildman–Crippen MR) is 78.4 cm³/mol. The van der Waals surface area contributed by atoms with Crippen LogP contribution in [0.1, 0.15) is 12.0 Å². The third-order valence-electron chi connectivity index (χ3n) is 3.36. The van der Waals surface area contributed by atoms with Crippen LogP contribution >= 0.6 is 11.8 Å². The first-order valence-electron chi connectivity index (χ1n) is 6.74. The SMILES string of the molecule is O=C(NCCc1ccc(F)cc1F)NCC1(O)CCSC1. The molecule has 1 aromatic rings. The molecule has 1 aliphatic heterocycles. The van der Waals surface area contributed by atoms with Crippen LogP contribution in [0, 0.1) is 11.6 Å². The van der Waals surface area contributed by atoms with Gasteiger partial charge >= 0.3 is 6.03 Å². The number of thioether (sulfide) groups is 1. The fourth-order valence-corrected chi connectivity index (χ4v) is 3.37. The van der Waals surface area contributed by atoms with Gasteiger partial charge in [0.2, 0.25) is 0 Å². The molecule has 116 valence electrons. The van der Waals surface area contributed by atoms with E-state index in [1.807, 2.05) is 0 Å². The van der Waals surface area contributed by atoms with Crippen molar-refractivity contribution in [1.82, 2.24) is 10.6 Å². The number of amides is 2. The molecule has 4 nitrogen and oxygen atoms in total. The molecule has 1 unspecified atom stereocenters. The van der Waals surface area contributed by atoms with Crippen LogP contribution < -0.4 is 10.6 Å². The van der Waals surface area contributed by atoms with E-state index in [-0.39, 0.29) is 19.5 Å². The largest absolute Gasteiger partial charge is 0.387 e. The number of hydrogen-bond donors (Lipinski definition) is 3. The molecule has 2 amide bonds. The maximum absolute atomic E-state index is 13.4. The third-order valence-corrected chi connectivity index (χ3v) is 4.59. The number of aliphatic hydroxyl groups is 1. The number of carbonyl (C=O) groups is 1. The second-order valence-electron chi connectivity index (χ2n) is 5.12. The van der Waals surface area contributed by atoms with Crippen molar-refractivity contribution >= 4 is 17.8 Å². The molecule has 7 heteroatoms. The summed E-state index contributed by atoms with van der Waals surface area (Å²) in [5.74, 6) is 0.275. The molecule has 0 aliphatic carbocycles. The Kier molecular flexibility index (Phi) is 5.41. The number of rotatable bonds is 5. The van der Waals surface area contributed by atoms with E-state index in [0.717, 1.165) is 11.8 Å². The van der Waals surface area contributed by atoms with Gasteiger partial charge in [-0.3, -0.25) is 0 Å². The minimum atomic E-state index is -0.828. The molecule has 1 atom stereocenters. The Bertz CT molecular complexity index is 508. The van der Waals surface area contributed by atoms with Crippen LogP contribution in [-0.2, 0) is 6.42 Å². The van der Waals surface area contributed by atoms with E-state index in [4.69, 9.17) is 0 Å². The van der Waals surface area contributed by atoms with E-state index in [2.05, 4.69) is 10.6 Å². The van der Waals surface area contributed by atoms with E-state index < -0.39 is 23.3 Å². The maximum Gasteiger partial charge on any atom is 0.314 e. The van der Waals surface area contributed by atoms with Crippen LogP contribution in [0.25, 0.3) is 0 Å². The first kappa shape index (κ1) is 16.0. The first-order chi connectivity index (χ1) is 9.98. The van der Waals surface area contributed by atoms with E-state index in [1.54, 1.807) is 11.8 Å². The lowest BCUT2D eigenvalue weighted by Gasteiger charge is -2.21. The van der Waals surface area contributed by atoms with Gasteiger partial charge in [0.05, 0.1) is 5.60 Å². The van der Waals surface area contributed by atoms with Gasteiger partial charge in [-0.25, -0.2) is 13.6 Å². The highest BCUT2D eigenvalue weighted by Crippen LogP contribution is 2.26. The molecule has 1 saturated heterocycles. The van der Waals surface area contributed by atoms with Crippen molar-refractivity contribution < 1.29 is 18.7 Å². The van der Waals surface area contributed by atoms with Gasteiger partial charge in [0.15, 0.2) is 0 Å². The van der Waals surface area contributed by atoms with Crippen LogP contribution in [0.15, 0.2) is 18.2 Å². The van der Waals surface area contributed by atoms with Gasteiger partial charge in [-0.05, 0) is 30.2 Å². The lowest BCUT2D eigenvalue weighted by Crippen LogP contribution is -2.46. The van der Waals surface area contributed by atoms with Gasteiger partial charge in [-0.2, -0.15) is 11.8 Å². The zero-order chi connectivity index (χ0) is 15.3. The summed E-state index contributed by atoms with van der Waals surface area (Å²) in [5.41, 5.74) is -0.479. The van der Waals surface area contributed by atoms with Crippen molar-refractivity contribution in [2.45, 2.75) is 18.4 Å². The molecule has 2 rings (SSSR count). The summed E-state index contributed by atoms with van der Waals surface area (Å²) in [4.78, 5) is 11.6. The van der Waals surface area contributed by atoms with Gasteiger partial charge in [0.1, 0.15) is 11.6 Å². The summed E-state index contributed by atoms with van der Waals surface area (Å²) in [5, 5.41) is 15.3. The van der Waals surface area contributed by atoms with Crippen molar-refractivity contribution in [3.8, 4) is 0 Å². The van der Waals surface area contributed by atoms with Gasteiger partial charge in [-0.15, -0.1) is 0 Å². The van der Waals surface area contributed by atoms with Crippen molar-refractivity contribution in [1.29, 1.82) is 0 Å². The second kappa shape index (κ2) is 7.09. The van der Waals surface area contributed by atoms with Crippen molar-refractivity contribution in [2.75, 3.05) is 24.6 Å². The quantitative estimate of drug-likeness (QED) is 0.774. The summed E-state index contributed by atoms with van der Waals surface area (Å²) in [6.07, 6.45) is 0.943. The van der Waals surface area contributed by atoms with Crippen LogP contribution in [-0.4, -0.2) is 41.3 Å². The molecule has 0 bridgehead atoms. The van der Waals surface area contributed by atoms with E-state index in [9.17, 15) is 18.7 Å². The number of hydrogen-bond acceptors (Lipinski definition) is 3. The van der Waals surface area contributed by atoms with Crippen LogP contribution in [0.2, 0.25) is 0 Å². The van der Waals surface area contributed by atoms with Crippen molar-refractivity contribution in [3.63, 3.8) is 0 Å². The number of carbonyl (C=O) groups excluding carboxylic acids is 1. The average molecular weight is 316 g/mol. The summed E-state index contributed by atoms with van der Waals surface area (Å²) >= 11 is 1.66. The first-order valence-corrected chi connectivity index (χ1v) is 7.90. The van der Waals surface area contributed by atoms with E-state index >= 15 is 0 Å². The molecule has 3 N–H and O–H groups in total. The monoisotopic (exact) mass is 316 g/mol. The molecule has 0 aromatic heterocycles. The molecular formula is C14H18F2N2O2S. The summed E-state index contributed by atoms with van der Waals surface area (Å²) in [6, 6.07) is 2.97.